The van der Waals surface area contributed by atoms with Crippen molar-refractivity contribution < 1.29 is 49.1 Å². The lowest BCUT2D eigenvalue weighted by molar-refractivity contribution is -0.288. The highest BCUT2D eigenvalue weighted by atomic mass is 19.4. The number of rotatable bonds is 2. The molecule has 0 saturated heterocycles. The van der Waals surface area contributed by atoms with Gasteiger partial charge < -0.3 is 0 Å². The molecule has 19 heteroatoms. The van der Waals surface area contributed by atoms with Crippen LogP contribution in [-0.2, 0) is 11.6 Å². The first kappa shape index (κ1) is 31.6. The Morgan fingerprint density at radius 2 is 1.12 bits per heavy atom. The van der Waals surface area contributed by atoms with Crippen molar-refractivity contribution in [3.05, 3.63) is 93.8 Å². The van der Waals surface area contributed by atoms with Crippen molar-refractivity contribution in [1.29, 1.82) is 10.5 Å². The second-order valence-corrected chi connectivity index (χ2v) is 11.4. The summed E-state index contributed by atoms with van der Waals surface area (Å²) in [7, 11) is 0. The summed E-state index contributed by atoms with van der Waals surface area (Å²) >= 11 is 0. The highest BCUT2D eigenvalue weighted by Crippen LogP contribution is 2.57. The van der Waals surface area contributed by atoms with Crippen LogP contribution < -0.4 is 0 Å². The van der Waals surface area contributed by atoms with Crippen LogP contribution in [0.4, 0.5) is 39.5 Å². The van der Waals surface area contributed by atoms with Crippen LogP contribution in [0.25, 0.3) is 45.1 Å². The van der Waals surface area contributed by atoms with Gasteiger partial charge in [0, 0.05) is 11.1 Å². The van der Waals surface area contributed by atoms with Gasteiger partial charge in [0.1, 0.15) is 18.0 Å². The molecule has 5 heterocycles. The Kier molecular flexibility index (Phi) is 6.05. The molecule has 0 fully saturated rings. The Morgan fingerprint density at radius 1 is 0.569 bits per heavy atom. The molecule has 10 nitrogen and oxygen atoms in total. The number of aromatic nitrogens is 6. The van der Waals surface area contributed by atoms with Crippen LogP contribution in [0, 0.1) is 22.7 Å². The van der Waals surface area contributed by atoms with E-state index in [-0.39, 0.29) is 39.3 Å². The van der Waals surface area contributed by atoms with E-state index in [4.69, 9.17) is 0 Å². The lowest BCUT2D eigenvalue weighted by atomic mass is 9.71. The third kappa shape index (κ3) is 3.99. The van der Waals surface area contributed by atoms with Crippen LogP contribution in [0.1, 0.15) is 48.8 Å². The molecule has 3 aromatic carbocycles. The van der Waals surface area contributed by atoms with Gasteiger partial charge in [-0.25, -0.2) is 24.5 Å². The Bertz CT molecular complexity index is 2670. The first-order chi connectivity index (χ1) is 23.9. The summed E-state index contributed by atoms with van der Waals surface area (Å²) in [6, 6.07) is 8.82. The van der Waals surface area contributed by atoms with Gasteiger partial charge in [0.25, 0.3) is 11.8 Å². The second-order valence-electron chi connectivity index (χ2n) is 11.4. The average molecular weight is 708 g/mol. The van der Waals surface area contributed by atoms with Gasteiger partial charge in [0.05, 0.1) is 27.7 Å². The number of carbonyl (C=O) groups excluding carboxylic acids is 2. The molecule has 2 aliphatic heterocycles. The summed E-state index contributed by atoms with van der Waals surface area (Å²) in [4.78, 5) is 42.6. The predicted molar refractivity (Wildman–Crippen MR) is 153 cm³/mol. The first-order valence-corrected chi connectivity index (χ1v) is 14.2. The zero-order valence-electron chi connectivity index (χ0n) is 24.5. The zero-order valence-corrected chi connectivity index (χ0v) is 24.5. The second kappa shape index (κ2) is 9.75. The van der Waals surface area contributed by atoms with Gasteiger partial charge in [-0.05, 0) is 47.5 Å². The van der Waals surface area contributed by atoms with Crippen LogP contribution >= 0.6 is 0 Å². The van der Waals surface area contributed by atoms with Gasteiger partial charge >= 0.3 is 18.5 Å². The van der Waals surface area contributed by atoms with Crippen LogP contribution in [0.3, 0.4) is 0 Å². The molecule has 252 valence electrons. The number of halogens is 9. The molecule has 0 unspecified atom stereocenters. The third-order valence-electron chi connectivity index (χ3n) is 8.79. The van der Waals surface area contributed by atoms with E-state index >= 15 is 26.3 Å². The van der Waals surface area contributed by atoms with E-state index in [9.17, 15) is 33.3 Å². The van der Waals surface area contributed by atoms with E-state index in [0.717, 1.165) is 27.3 Å². The normalized spacial score (nSPS) is 14.0. The van der Waals surface area contributed by atoms with Crippen LogP contribution in [0.5, 0.6) is 0 Å². The molecule has 0 amide bonds. The Balaban J connectivity index is 1.33. The summed E-state index contributed by atoms with van der Waals surface area (Å²) in [5.41, 5.74) is -12.6. The lowest BCUT2D eigenvalue weighted by Gasteiger charge is -2.38. The number of imidazole rings is 2. The highest BCUT2D eigenvalue weighted by Gasteiger charge is 2.73. The van der Waals surface area contributed by atoms with Crippen molar-refractivity contribution in [2.75, 3.05) is 0 Å². The highest BCUT2D eigenvalue weighted by molar-refractivity contribution is 6.13. The molecule has 3 aromatic heterocycles. The molecule has 0 bridgehead atoms. The number of nitriles is 2. The maximum Gasteiger partial charge on any atom is 0.416 e. The monoisotopic (exact) mass is 708 g/mol. The summed E-state index contributed by atoms with van der Waals surface area (Å²) in [5, 5.41) is 18.6. The molecule has 0 aliphatic carbocycles. The molecule has 0 saturated carbocycles. The number of fused-ring (bicyclic) bond motifs is 10. The van der Waals surface area contributed by atoms with E-state index in [1.54, 1.807) is 12.1 Å². The minimum Gasteiger partial charge on any atom is -0.268 e. The average Bonchev–Trinajstić information content (AvgIpc) is 3.77. The maximum atomic E-state index is 15.2. The van der Waals surface area contributed by atoms with Crippen LogP contribution in [0.2, 0.25) is 0 Å². The predicted octanol–water partition coefficient (Wildman–Crippen LogP) is 6.69. The number of carbonyl (C=O) groups is 2. The lowest BCUT2D eigenvalue weighted by Crippen LogP contribution is -2.54. The van der Waals surface area contributed by atoms with E-state index in [0.29, 0.717) is 36.4 Å². The number of nitrogens with zero attached hydrogens (tertiary/aromatic N) is 8. The fourth-order valence-electron chi connectivity index (χ4n) is 6.59. The van der Waals surface area contributed by atoms with E-state index in [2.05, 4.69) is 19.9 Å². The first-order valence-electron chi connectivity index (χ1n) is 14.2. The van der Waals surface area contributed by atoms with Crippen LogP contribution in [0.15, 0.2) is 54.6 Å². The van der Waals surface area contributed by atoms with Crippen molar-refractivity contribution in [3.63, 3.8) is 0 Å². The zero-order chi connectivity index (χ0) is 36.6. The summed E-state index contributed by atoms with van der Waals surface area (Å²) in [6.07, 6.45) is -17.1. The van der Waals surface area contributed by atoms with Crippen molar-refractivity contribution in [2.24, 2.45) is 0 Å². The van der Waals surface area contributed by atoms with E-state index < -0.39 is 80.8 Å². The largest absolute Gasteiger partial charge is 0.416 e. The summed E-state index contributed by atoms with van der Waals surface area (Å²) < 4.78 is 133. The maximum absolute atomic E-state index is 15.2. The van der Waals surface area contributed by atoms with E-state index in [1.807, 2.05) is 0 Å². The fourth-order valence-corrected chi connectivity index (χ4v) is 6.59. The molecule has 8 rings (SSSR count). The molecular formula is C32H9F9N8O2. The topological polar surface area (TPSA) is 143 Å². The van der Waals surface area contributed by atoms with Crippen molar-refractivity contribution in [3.8, 4) is 34.9 Å². The third-order valence-corrected chi connectivity index (χ3v) is 8.79. The van der Waals surface area contributed by atoms with Gasteiger partial charge in [0.15, 0.2) is 28.5 Å². The Morgan fingerprint density at radius 3 is 1.73 bits per heavy atom. The van der Waals surface area contributed by atoms with Gasteiger partial charge in [-0.2, -0.15) is 50.0 Å². The van der Waals surface area contributed by atoms with Gasteiger partial charge in [-0.1, -0.05) is 18.2 Å². The van der Waals surface area contributed by atoms with Crippen LogP contribution in [-0.4, -0.2) is 53.2 Å². The molecule has 0 radical (unpaired) electrons. The SMILES string of the molecule is N#Cc1nc2nc3n(c2nc1C#N)C(=O)c1cc(C(c2ccc4c(c2)-c2nc5cc(C(F)(F)F)ccc5n2C4=O)(C(F)(F)F)C(F)(F)F)ccc1-3. The number of hydrogen-bond acceptors (Lipinski definition) is 8. The number of alkyl halides is 9. The molecule has 2 aliphatic rings. The molecule has 0 spiro atoms. The van der Waals surface area contributed by atoms with Gasteiger partial charge in [0.2, 0.25) is 5.41 Å². The minimum atomic E-state index is -6.14. The van der Waals surface area contributed by atoms with Crippen molar-refractivity contribution >= 4 is 34.1 Å². The van der Waals surface area contributed by atoms with E-state index in [1.165, 1.54) is 0 Å². The molecule has 0 N–H and O–H groups in total. The summed E-state index contributed by atoms with van der Waals surface area (Å²) in [5.74, 6) is -2.81. The van der Waals surface area contributed by atoms with Gasteiger partial charge in [-0.15, -0.1) is 0 Å². The molecule has 0 atom stereocenters. The number of hydrogen-bond donors (Lipinski definition) is 0. The van der Waals surface area contributed by atoms with Crippen molar-refractivity contribution in [1.82, 2.24) is 29.1 Å². The van der Waals surface area contributed by atoms with Gasteiger partial charge in [-0.3, -0.25) is 14.2 Å². The quantitative estimate of drug-likeness (QED) is 0.181. The number of benzene rings is 3. The van der Waals surface area contributed by atoms with Crippen molar-refractivity contribution in [2.45, 2.75) is 23.9 Å². The molecular weight excluding hydrogens is 699 g/mol. The minimum absolute atomic E-state index is 0.156. The Hall–Kier alpha value is -6.63. The fraction of sp³-hybridized carbons (Fsp3) is 0.125. The Labute approximate surface area is 275 Å². The smallest absolute Gasteiger partial charge is 0.268 e. The molecule has 51 heavy (non-hydrogen) atoms. The standard InChI is InChI=1S/C32H9F9N8O2/c33-30(34,35)14-3-6-22-19(9-14)45-25-17-7-12(2-5-16(17)27(50)48(22)25)29(31(36,37)38,32(39,40)41)13-1-4-15-18(8-13)28(51)49-24(15)47-23-26(49)46-21(11-43)20(10-42)44-23/h1-9H. The summed E-state index contributed by atoms with van der Waals surface area (Å²) in [6.45, 7) is 0. The molecule has 6 aromatic rings.